The molecule has 0 radical (unpaired) electrons. The summed E-state index contributed by atoms with van der Waals surface area (Å²) in [5, 5.41) is 1.16. The van der Waals surface area contributed by atoms with Gasteiger partial charge in [-0.05, 0) is 41.8 Å². The van der Waals surface area contributed by atoms with Crippen molar-refractivity contribution in [2.45, 2.75) is 12.5 Å². The molecule has 0 unspecified atom stereocenters. The summed E-state index contributed by atoms with van der Waals surface area (Å²) in [6.07, 6.45) is 0.804. The first-order chi connectivity index (χ1) is 13.2. The molecular formula is C21H20N2O4. The first-order valence-electron chi connectivity index (χ1n) is 8.92. The van der Waals surface area contributed by atoms with Gasteiger partial charge in [-0.2, -0.15) is 0 Å². The molecule has 0 fully saturated rings. The predicted molar refractivity (Wildman–Crippen MR) is 101 cm³/mol. The highest BCUT2D eigenvalue weighted by Crippen LogP contribution is 2.49. The largest absolute Gasteiger partial charge is 0.497 e. The van der Waals surface area contributed by atoms with E-state index in [1.807, 2.05) is 29.2 Å². The summed E-state index contributed by atoms with van der Waals surface area (Å²) in [5.41, 5.74) is 4.94. The molecule has 5 rings (SSSR count). The number of nitrogens with one attached hydrogen (secondary N) is 1. The number of rotatable bonds is 3. The van der Waals surface area contributed by atoms with Gasteiger partial charge in [0.25, 0.3) is 5.91 Å². The van der Waals surface area contributed by atoms with Crippen LogP contribution in [0.4, 0.5) is 0 Å². The van der Waals surface area contributed by atoms with Crippen LogP contribution in [0.5, 0.6) is 17.2 Å². The summed E-state index contributed by atoms with van der Waals surface area (Å²) in [4.78, 5) is 18.6. The highest BCUT2D eigenvalue weighted by Gasteiger charge is 2.44. The minimum absolute atomic E-state index is 0.00682. The first kappa shape index (κ1) is 16.1. The highest BCUT2D eigenvalue weighted by atomic mass is 16.5. The Kier molecular flexibility index (Phi) is 3.37. The van der Waals surface area contributed by atoms with Crippen LogP contribution in [-0.4, -0.2) is 43.7 Å². The number of aromatic nitrogens is 1. The van der Waals surface area contributed by atoms with Crippen molar-refractivity contribution in [3.05, 3.63) is 52.7 Å². The fraction of sp³-hybridized carbons (Fsp3) is 0.286. The number of methoxy groups -OCH3 is 3. The topological polar surface area (TPSA) is 63.8 Å². The van der Waals surface area contributed by atoms with Gasteiger partial charge in [-0.1, -0.05) is 6.07 Å². The summed E-state index contributed by atoms with van der Waals surface area (Å²) in [5.74, 6) is 1.91. The number of amides is 1. The van der Waals surface area contributed by atoms with Gasteiger partial charge >= 0.3 is 0 Å². The summed E-state index contributed by atoms with van der Waals surface area (Å²) < 4.78 is 16.3. The normalized spacial score (nSPS) is 17.5. The van der Waals surface area contributed by atoms with Crippen LogP contribution in [0.1, 0.15) is 33.2 Å². The Bertz CT molecular complexity index is 1090. The summed E-state index contributed by atoms with van der Waals surface area (Å²) in [6.45, 7) is 0.667. The molecule has 2 aromatic carbocycles. The zero-order valence-electron chi connectivity index (χ0n) is 15.5. The minimum Gasteiger partial charge on any atom is -0.497 e. The van der Waals surface area contributed by atoms with Crippen LogP contribution in [0.2, 0.25) is 0 Å². The lowest BCUT2D eigenvalue weighted by Gasteiger charge is -2.30. The maximum absolute atomic E-state index is 13.2. The van der Waals surface area contributed by atoms with E-state index in [-0.39, 0.29) is 11.9 Å². The molecule has 3 aromatic rings. The fourth-order valence-electron chi connectivity index (χ4n) is 4.47. The van der Waals surface area contributed by atoms with E-state index < -0.39 is 0 Å². The van der Waals surface area contributed by atoms with Crippen molar-refractivity contribution < 1.29 is 19.0 Å². The van der Waals surface area contributed by atoms with Gasteiger partial charge < -0.3 is 24.1 Å². The zero-order valence-corrected chi connectivity index (χ0v) is 15.5. The number of carbonyl (C=O) groups is 1. The monoisotopic (exact) mass is 364 g/mol. The number of fused-ring (bicyclic) bond motifs is 7. The van der Waals surface area contributed by atoms with Crippen LogP contribution < -0.4 is 14.2 Å². The number of aromatic amines is 1. The zero-order chi connectivity index (χ0) is 18.7. The molecule has 1 atom stereocenters. The van der Waals surface area contributed by atoms with Crippen molar-refractivity contribution in [1.82, 2.24) is 9.88 Å². The van der Waals surface area contributed by atoms with E-state index >= 15 is 0 Å². The molecule has 0 spiro atoms. The molecule has 138 valence electrons. The first-order valence-corrected chi connectivity index (χ1v) is 8.92. The fourth-order valence-corrected chi connectivity index (χ4v) is 4.47. The third kappa shape index (κ3) is 2.04. The SMILES string of the molecule is COc1ccc2[nH]c3c(c2c1)CCN1C(=O)c2c(ccc(OC)c2OC)[C@@H]31. The van der Waals surface area contributed by atoms with Crippen molar-refractivity contribution >= 4 is 16.8 Å². The number of H-pyrrole nitrogens is 1. The average Bonchev–Trinajstić information content (AvgIpc) is 3.22. The number of benzene rings is 2. The molecule has 2 aliphatic rings. The average molecular weight is 364 g/mol. The van der Waals surface area contributed by atoms with Gasteiger partial charge in [-0.3, -0.25) is 4.79 Å². The molecule has 3 heterocycles. The highest BCUT2D eigenvalue weighted by molar-refractivity contribution is 6.04. The van der Waals surface area contributed by atoms with Gasteiger partial charge in [0.15, 0.2) is 11.5 Å². The van der Waals surface area contributed by atoms with E-state index in [2.05, 4.69) is 11.1 Å². The summed E-state index contributed by atoms with van der Waals surface area (Å²) in [6, 6.07) is 9.75. The molecule has 0 saturated heterocycles. The van der Waals surface area contributed by atoms with E-state index in [0.717, 1.165) is 34.3 Å². The predicted octanol–water partition coefficient (Wildman–Crippen LogP) is 3.30. The second-order valence-corrected chi connectivity index (χ2v) is 6.85. The van der Waals surface area contributed by atoms with Crippen molar-refractivity contribution in [2.24, 2.45) is 0 Å². The van der Waals surface area contributed by atoms with Crippen LogP contribution in [0, 0.1) is 0 Å². The van der Waals surface area contributed by atoms with Crippen LogP contribution in [0.15, 0.2) is 30.3 Å². The molecule has 0 saturated carbocycles. The number of hydrogen-bond donors (Lipinski definition) is 1. The molecule has 2 aliphatic heterocycles. The van der Waals surface area contributed by atoms with Crippen LogP contribution in [0.25, 0.3) is 10.9 Å². The van der Waals surface area contributed by atoms with Crippen molar-refractivity contribution in [3.8, 4) is 17.2 Å². The molecule has 1 aromatic heterocycles. The smallest absolute Gasteiger partial charge is 0.258 e. The Hall–Kier alpha value is -3.15. The molecular weight excluding hydrogens is 344 g/mol. The second kappa shape index (κ2) is 5.67. The number of carbonyl (C=O) groups excluding carboxylic acids is 1. The summed E-state index contributed by atoms with van der Waals surface area (Å²) in [7, 11) is 4.83. The van der Waals surface area contributed by atoms with Gasteiger partial charge in [0.1, 0.15) is 5.75 Å². The van der Waals surface area contributed by atoms with E-state index in [1.54, 1.807) is 21.3 Å². The number of hydrogen-bond acceptors (Lipinski definition) is 4. The Morgan fingerprint density at radius 2 is 1.93 bits per heavy atom. The van der Waals surface area contributed by atoms with E-state index in [1.165, 1.54) is 5.56 Å². The third-order valence-electron chi connectivity index (χ3n) is 5.68. The minimum atomic E-state index is -0.130. The Morgan fingerprint density at radius 3 is 2.67 bits per heavy atom. The van der Waals surface area contributed by atoms with Crippen molar-refractivity contribution in [3.63, 3.8) is 0 Å². The molecule has 27 heavy (non-hydrogen) atoms. The Balaban J connectivity index is 1.74. The number of ether oxygens (including phenoxy) is 3. The van der Waals surface area contributed by atoms with Crippen molar-refractivity contribution in [1.29, 1.82) is 0 Å². The van der Waals surface area contributed by atoms with Crippen LogP contribution >= 0.6 is 0 Å². The van der Waals surface area contributed by atoms with Crippen LogP contribution in [-0.2, 0) is 6.42 Å². The van der Waals surface area contributed by atoms with E-state index in [9.17, 15) is 4.79 Å². The Labute approximate surface area is 156 Å². The standard InChI is InChI=1S/C21H20N2O4/c1-25-11-4-6-15-14(10-11)12-8-9-23-19(18(12)22-15)13-5-7-16(26-2)20(27-3)17(13)21(23)24/h4-7,10,19,22H,8-9H2,1-3H3/t19-/m0/s1. The maximum Gasteiger partial charge on any atom is 0.258 e. The molecule has 0 bridgehead atoms. The van der Waals surface area contributed by atoms with Crippen molar-refractivity contribution in [2.75, 3.05) is 27.9 Å². The van der Waals surface area contributed by atoms with Gasteiger partial charge in [-0.25, -0.2) is 0 Å². The van der Waals surface area contributed by atoms with Gasteiger partial charge in [0.2, 0.25) is 0 Å². The molecule has 1 amide bonds. The third-order valence-corrected chi connectivity index (χ3v) is 5.68. The van der Waals surface area contributed by atoms with Crippen LogP contribution in [0.3, 0.4) is 0 Å². The number of nitrogens with zero attached hydrogens (tertiary/aromatic N) is 1. The lowest BCUT2D eigenvalue weighted by Crippen LogP contribution is -2.34. The van der Waals surface area contributed by atoms with E-state index in [4.69, 9.17) is 14.2 Å². The van der Waals surface area contributed by atoms with E-state index in [0.29, 0.717) is 23.6 Å². The van der Waals surface area contributed by atoms with Gasteiger partial charge in [0.05, 0.1) is 32.9 Å². The lowest BCUT2D eigenvalue weighted by molar-refractivity contribution is 0.0735. The van der Waals surface area contributed by atoms with Gasteiger partial charge in [-0.15, -0.1) is 0 Å². The lowest BCUT2D eigenvalue weighted by atomic mass is 9.94. The maximum atomic E-state index is 13.2. The molecule has 0 aliphatic carbocycles. The summed E-state index contributed by atoms with van der Waals surface area (Å²) >= 11 is 0. The molecule has 6 heteroatoms. The van der Waals surface area contributed by atoms with Gasteiger partial charge in [0, 0.05) is 23.1 Å². The molecule has 1 N–H and O–H groups in total. The second-order valence-electron chi connectivity index (χ2n) is 6.85. The Morgan fingerprint density at radius 1 is 1.07 bits per heavy atom. The molecule has 6 nitrogen and oxygen atoms in total. The quantitative estimate of drug-likeness (QED) is 0.775.